The first-order chi connectivity index (χ1) is 19.0. The predicted octanol–water partition coefficient (Wildman–Crippen LogP) is 4.99. The summed E-state index contributed by atoms with van der Waals surface area (Å²) < 4.78 is 0. The SMILES string of the molecule is CC1C2c3c(cc(C#N)cc3N3CCN(c4ccc(C#N)cc4)C3C2C)N2CCN(c3ccc(C#N)cc3)C12. The lowest BCUT2D eigenvalue weighted by Gasteiger charge is -2.54. The van der Waals surface area contributed by atoms with Crippen LogP contribution in [0, 0.1) is 45.8 Å². The van der Waals surface area contributed by atoms with Gasteiger partial charge in [0.15, 0.2) is 0 Å². The summed E-state index contributed by atoms with van der Waals surface area (Å²) in [6, 6.07) is 27.0. The van der Waals surface area contributed by atoms with Gasteiger partial charge >= 0.3 is 0 Å². The quantitative estimate of drug-likeness (QED) is 0.479. The molecule has 4 heterocycles. The molecule has 2 fully saturated rings. The van der Waals surface area contributed by atoms with Gasteiger partial charge in [0.25, 0.3) is 0 Å². The molecule has 0 amide bonds. The molecule has 0 radical (unpaired) electrons. The topological polar surface area (TPSA) is 84.3 Å². The number of anilines is 4. The highest BCUT2D eigenvalue weighted by molar-refractivity contribution is 5.78. The fourth-order valence-corrected chi connectivity index (χ4v) is 7.86. The zero-order chi connectivity index (χ0) is 26.8. The van der Waals surface area contributed by atoms with Crippen molar-refractivity contribution in [2.75, 3.05) is 45.8 Å². The van der Waals surface area contributed by atoms with Gasteiger partial charge in [0, 0.05) is 72.2 Å². The van der Waals surface area contributed by atoms with Crippen LogP contribution in [0.25, 0.3) is 0 Å². The van der Waals surface area contributed by atoms with Crippen molar-refractivity contribution in [3.63, 3.8) is 0 Å². The number of nitriles is 3. The Bertz CT molecular complexity index is 1460. The number of hydrogen-bond acceptors (Lipinski definition) is 7. The maximum absolute atomic E-state index is 10.0. The smallest absolute Gasteiger partial charge is 0.105 e. The lowest BCUT2D eigenvalue weighted by Crippen LogP contribution is -2.57. The molecule has 0 bridgehead atoms. The molecule has 0 aliphatic carbocycles. The third-order valence-electron chi connectivity index (χ3n) is 9.39. The van der Waals surface area contributed by atoms with Crippen LogP contribution in [0.4, 0.5) is 22.7 Å². The molecule has 4 atom stereocenters. The molecular weight excluding hydrogens is 482 g/mol. The minimum atomic E-state index is 0.177. The standard InChI is InChI=1S/C32H29N7/c1-20-29-21(2)32-37(26-9-5-23(18-34)6-10-26)12-14-39(32)28-16-24(19-35)15-27(30(28)29)38-13-11-36(31(20)38)25-7-3-22(17-33)4-8-25/h3-10,15-16,20-21,29,31-32H,11-14H2,1-2H3. The van der Waals surface area contributed by atoms with E-state index < -0.39 is 0 Å². The summed E-state index contributed by atoms with van der Waals surface area (Å²) in [7, 11) is 0. The molecule has 3 aromatic rings. The monoisotopic (exact) mass is 511 g/mol. The maximum Gasteiger partial charge on any atom is 0.105 e. The Morgan fingerprint density at radius 1 is 0.564 bits per heavy atom. The van der Waals surface area contributed by atoms with Gasteiger partial charge in [-0.25, -0.2) is 0 Å². The summed E-state index contributed by atoms with van der Waals surface area (Å²) in [5, 5.41) is 28.6. The van der Waals surface area contributed by atoms with E-state index in [9.17, 15) is 15.8 Å². The number of benzene rings is 3. The molecule has 0 saturated carbocycles. The third-order valence-corrected chi connectivity index (χ3v) is 9.39. The van der Waals surface area contributed by atoms with E-state index >= 15 is 0 Å². The van der Waals surface area contributed by atoms with Crippen molar-refractivity contribution in [3.8, 4) is 18.2 Å². The van der Waals surface area contributed by atoms with Crippen LogP contribution in [0.15, 0.2) is 60.7 Å². The minimum absolute atomic E-state index is 0.177. The van der Waals surface area contributed by atoms with Crippen molar-refractivity contribution in [3.05, 3.63) is 82.9 Å². The van der Waals surface area contributed by atoms with Gasteiger partial charge in [-0.15, -0.1) is 0 Å². The van der Waals surface area contributed by atoms with Crippen LogP contribution >= 0.6 is 0 Å². The fraction of sp³-hybridized carbons (Fsp3) is 0.344. The van der Waals surface area contributed by atoms with E-state index in [0.717, 1.165) is 37.6 Å². The van der Waals surface area contributed by atoms with Crippen LogP contribution in [-0.4, -0.2) is 38.5 Å². The van der Waals surface area contributed by atoms with E-state index in [0.29, 0.717) is 34.4 Å². The summed E-state index contributed by atoms with van der Waals surface area (Å²) in [5.41, 5.74) is 8.13. The lowest BCUT2D eigenvalue weighted by atomic mass is 9.69. The van der Waals surface area contributed by atoms with Crippen molar-refractivity contribution in [2.24, 2.45) is 11.8 Å². The number of nitrogens with zero attached hydrogens (tertiary/aromatic N) is 7. The Morgan fingerprint density at radius 3 is 1.33 bits per heavy atom. The van der Waals surface area contributed by atoms with Gasteiger partial charge in [-0.3, -0.25) is 0 Å². The van der Waals surface area contributed by atoms with Crippen molar-refractivity contribution < 1.29 is 0 Å². The Hall–Kier alpha value is -4.67. The van der Waals surface area contributed by atoms with Gasteiger partial charge in [0.2, 0.25) is 0 Å². The van der Waals surface area contributed by atoms with E-state index in [2.05, 4.69) is 88.1 Å². The molecule has 7 rings (SSSR count). The molecular formula is C32H29N7. The molecule has 4 unspecified atom stereocenters. The van der Waals surface area contributed by atoms with Gasteiger partial charge in [-0.1, -0.05) is 13.8 Å². The highest BCUT2D eigenvalue weighted by Gasteiger charge is 2.54. The first kappa shape index (κ1) is 23.4. The Balaban J connectivity index is 1.34. The average Bonchev–Trinajstić information content (AvgIpc) is 3.63. The molecule has 192 valence electrons. The van der Waals surface area contributed by atoms with Crippen LogP contribution in [0.5, 0.6) is 0 Å². The van der Waals surface area contributed by atoms with E-state index in [1.807, 2.05) is 24.3 Å². The van der Waals surface area contributed by atoms with Crippen molar-refractivity contribution in [2.45, 2.75) is 32.1 Å². The molecule has 39 heavy (non-hydrogen) atoms. The Morgan fingerprint density at radius 2 is 0.949 bits per heavy atom. The van der Waals surface area contributed by atoms with Crippen LogP contribution in [0.1, 0.15) is 42.0 Å². The second kappa shape index (κ2) is 8.69. The zero-order valence-corrected chi connectivity index (χ0v) is 22.1. The van der Waals surface area contributed by atoms with E-state index in [-0.39, 0.29) is 12.3 Å². The highest BCUT2D eigenvalue weighted by Crippen LogP contribution is 2.57. The van der Waals surface area contributed by atoms with Crippen LogP contribution < -0.4 is 19.6 Å². The Kier molecular flexibility index (Phi) is 5.22. The molecule has 2 saturated heterocycles. The van der Waals surface area contributed by atoms with E-state index in [4.69, 9.17) is 0 Å². The highest BCUT2D eigenvalue weighted by atomic mass is 15.5. The molecule has 7 heteroatoms. The summed E-state index contributed by atoms with van der Waals surface area (Å²) in [6.45, 7) is 8.39. The largest absolute Gasteiger partial charge is 0.349 e. The third kappa shape index (κ3) is 3.32. The number of hydrogen-bond donors (Lipinski definition) is 0. The van der Waals surface area contributed by atoms with Crippen molar-refractivity contribution >= 4 is 22.7 Å². The van der Waals surface area contributed by atoms with Gasteiger partial charge in [0.1, 0.15) is 12.3 Å². The average molecular weight is 512 g/mol. The van der Waals surface area contributed by atoms with Crippen LogP contribution in [0.2, 0.25) is 0 Å². The molecule has 0 aromatic heterocycles. The first-order valence-electron chi connectivity index (χ1n) is 13.7. The zero-order valence-electron chi connectivity index (χ0n) is 22.1. The summed E-state index contributed by atoms with van der Waals surface area (Å²) in [5.74, 6) is 1.02. The second-order valence-corrected chi connectivity index (χ2v) is 11.2. The molecule has 0 spiro atoms. The number of fused-ring (bicyclic) bond motifs is 4. The van der Waals surface area contributed by atoms with Gasteiger partial charge in [0.05, 0.1) is 34.9 Å². The number of rotatable bonds is 2. The summed E-state index contributed by atoms with van der Waals surface area (Å²) >= 11 is 0. The van der Waals surface area contributed by atoms with Crippen LogP contribution in [0.3, 0.4) is 0 Å². The Labute approximate surface area is 229 Å². The van der Waals surface area contributed by atoms with Gasteiger partial charge in [-0.2, -0.15) is 15.8 Å². The molecule has 4 aliphatic rings. The van der Waals surface area contributed by atoms with Crippen molar-refractivity contribution in [1.29, 1.82) is 15.8 Å². The predicted molar refractivity (Wildman–Crippen MR) is 151 cm³/mol. The minimum Gasteiger partial charge on any atom is -0.349 e. The first-order valence-corrected chi connectivity index (χ1v) is 13.7. The van der Waals surface area contributed by atoms with E-state index in [1.54, 1.807) is 0 Å². The fourth-order valence-electron chi connectivity index (χ4n) is 7.86. The maximum atomic E-state index is 10.0. The molecule has 4 aliphatic heterocycles. The molecule has 3 aromatic carbocycles. The molecule has 7 nitrogen and oxygen atoms in total. The van der Waals surface area contributed by atoms with Gasteiger partial charge in [-0.05, 0) is 60.7 Å². The molecule has 0 N–H and O–H groups in total. The lowest BCUT2D eigenvalue weighted by molar-refractivity contribution is 0.248. The second-order valence-electron chi connectivity index (χ2n) is 11.2. The van der Waals surface area contributed by atoms with Crippen LogP contribution in [-0.2, 0) is 0 Å². The summed E-state index contributed by atoms with van der Waals surface area (Å²) in [6.07, 6.45) is 0.354. The van der Waals surface area contributed by atoms with Gasteiger partial charge < -0.3 is 19.6 Å². The normalized spacial score (nSPS) is 26.3. The van der Waals surface area contributed by atoms with E-state index in [1.165, 1.54) is 16.9 Å². The summed E-state index contributed by atoms with van der Waals surface area (Å²) in [4.78, 5) is 10.0. The van der Waals surface area contributed by atoms with Crippen molar-refractivity contribution in [1.82, 2.24) is 0 Å².